The maximum absolute atomic E-state index is 11.7. The third kappa shape index (κ3) is 2.97. The summed E-state index contributed by atoms with van der Waals surface area (Å²) in [6.07, 6.45) is 3.20. The molecule has 0 aliphatic carbocycles. The molecule has 1 heterocycles. The fraction of sp³-hybridized carbons (Fsp3) is 0.364. The number of nitrogens with zero attached hydrogens (tertiary/aromatic N) is 1. The molecule has 17 heavy (non-hydrogen) atoms. The molecular weight excluding hydrogens is 238 g/mol. The summed E-state index contributed by atoms with van der Waals surface area (Å²) >= 11 is 0. The minimum atomic E-state index is -3.23. The Labute approximate surface area is 100 Å². The maximum atomic E-state index is 11.7. The van der Waals surface area contributed by atoms with Crippen LogP contribution in [0, 0.1) is 0 Å². The summed E-state index contributed by atoms with van der Waals surface area (Å²) < 4.78 is 26.0. The van der Waals surface area contributed by atoms with E-state index in [1.165, 1.54) is 0 Å². The SMILES string of the molecule is CCCCS(=O)(=O)Nc1ccc2[nH]ncc2c1. The number of anilines is 1. The van der Waals surface area contributed by atoms with Crippen LogP contribution in [-0.4, -0.2) is 24.4 Å². The number of aromatic amines is 1. The van der Waals surface area contributed by atoms with Gasteiger partial charge in [-0.3, -0.25) is 9.82 Å². The molecule has 5 nitrogen and oxygen atoms in total. The maximum Gasteiger partial charge on any atom is 0.232 e. The Morgan fingerprint density at radius 3 is 3.00 bits per heavy atom. The van der Waals surface area contributed by atoms with Gasteiger partial charge in [0.2, 0.25) is 10.0 Å². The Hall–Kier alpha value is -1.56. The van der Waals surface area contributed by atoms with E-state index in [1.807, 2.05) is 6.92 Å². The van der Waals surface area contributed by atoms with Gasteiger partial charge in [0.25, 0.3) is 0 Å². The lowest BCUT2D eigenvalue weighted by molar-refractivity contribution is 0.598. The van der Waals surface area contributed by atoms with Gasteiger partial charge < -0.3 is 0 Å². The van der Waals surface area contributed by atoms with Gasteiger partial charge in [0.15, 0.2) is 0 Å². The first-order valence-electron chi connectivity index (χ1n) is 5.54. The second kappa shape index (κ2) is 4.75. The van der Waals surface area contributed by atoms with E-state index in [-0.39, 0.29) is 5.75 Å². The molecule has 0 unspecified atom stereocenters. The Bertz CT molecular complexity index is 604. The number of H-pyrrole nitrogens is 1. The van der Waals surface area contributed by atoms with Gasteiger partial charge in [0, 0.05) is 11.1 Å². The monoisotopic (exact) mass is 253 g/mol. The van der Waals surface area contributed by atoms with Crippen LogP contribution in [0.1, 0.15) is 19.8 Å². The molecular formula is C11H15N3O2S. The summed E-state index contributed by atoms with van der Waals surface area (Å²) in [6, 6.07) is 5.30. The molecule has 0 fully saturated rings. The lowest BCUT2D eigenvalue weighted by Crippen LogP contribution is -2.16. The van der Waals surface area contributed by atoms with Gasteiger partial charge in [-0.1, -0.05) is 13.3 Å². The minimum Gasteiger partial charge on any atom is -0.284 e. The molecule has 0 saturated heterocycles. The number of aromatic nitrogens is 2. The number of rotatable bonds is 5. The molecule has 0 aliphatic rings. The van der Waals surface area contributed by atoms with Crippen LogP contribution in [-0.2, 0) is 10.0 Å². The highest BCUT2D eigenvalue weighted by Gasteiger charge is 2.09. The van der Waals surface area contributed by atoms with Gasteiger partial charge in [0.05, 0.1) is 17.5 Å². The standard InChI is InChI=1S/C11H15N3O2S/c1-2-3-6-17(15,16)14-10-4-5-11-9(7-10)8-12-13-11/h4-5,7-8,14H,2-3,6H2,1H3,(H,12,13). The number of sulfonamides is 1. The van der Waals surface area contributed by atoms with Crippen molar-refractivity contribution < 1.29 is 8.42 Å². The Balaban J connectivity index is 2.17. The second-order valence-corrected chi connectivity index (χ2v) is 5.79. The van der Waals surface area contributed by atoms with Crippen molar-refractivity contribution in [3.8, 4) is 0 Å². The van der Waals surface area contributed by atoms with Crippen LogP contribution in [0.15, 0.2) is 24.4 Å². The summed E-state index contributed by atoms with van der Waals surface area (Å²) in [7, 11) is -3.23. The molecule has 0 radical (unpaired) electrons. The largest absolute Gasteiger partial charge is 0.284 e. The van der Waals surface area contributed by atoms with Crippen molar-refractivity contribution in [2.24, 2.45) is 0 Å². The summed E-state index contributed by atoms with van der Waals surface area (Å²) in [5.41, 5.74) is 1.47. The van der Waals surface area contributed by atoms with Crippen molar-refractivity contribution in [3.63, 3.8) is 0 Å². The molecule has 2 aromatic rings. The first kappa shape index (κ1) is 11.9. The first-order valence-corrected chi connectivity index (χ1v) is 7.19. The second-order valence-electron chi connectivity index (χ2n) is 3.95. The molecule has 92 valence electrons. The molecule has 0 atom stereocenters. The van der Waals surface area contributed by atoms with E-state index in [2.05, 4.69) is 14.9 Å². The zero-order chi connectivity index (χ0) is 12.3. The van der Waals surface area contributed by atoms with Crippen molar-refractivity contribution >= 4 is 26.6 Å². The van der Waals surface area contributed by atoms with Crippen LogP contribution >= 0.6 is 0 Å². The molecule has 0 bridgehead atoms. The van der Waals surface area contributed by atoms with E-state index in [4.69, 9.17) is 0 Å². The zero-order valence-corrected chi connectivity index (χ0v) is 10.4. The molecule has 1 aromatic heterocycles. The van der Waals surface area contributed by atoms with E-state index in [0.717, 1.165) is 17.3 Å². The Kier molecular flexibility index (Phi) is 3.33. The minimum absolute atomic E-state index is 0.160. The number of unbranched alkanes of at least 4 members (excludes halogenated alkanes) is 1. The zero-order valence-electron chi connectivity index (χ0n) is 9.60. The average Bonchev–Trinajstić information content (AvgIpc) is 2.73. The molecule has 2 rings (SSSR count). The van der Waals surface area contributed by atoms with E-state index < -0.39 is 10.0 Å². The van der Waals surface area contributed by atoms with Crippen molar-refractivity contribution in [1.82, 2.24) is 10.2 Å². The number of hydrogen-bond acceptors (Lipinski definition) is 3. The van der Waals surface area contributed by atoms with Gasteiger partial charge in [-0.15, -0.1) is 0 Å². The molecule has 1 aromatic carbocycles. The lowest BCUT2D eigenvalue weighted by atomic mass is 10.2. The summed E-state index contributed by atoms with van der Waals surface area (Å²) in [6.45, 7) is 1.97. The highest BCUT2D eigenvalue weighted by Crippen LogP contribution is 2.17. The Morgan fingerprint density at radius 2 is 2.24 bits per heavy atom. The summed E-state index contributed by atoms with van der Waals surface area (Å²) in [4.78, 5) is 0. The van der Waals surface area contributed by atoms with E-state index in [9.17, 15) is 8.42 Å². The number of benzene rings is 1. The first-order chi connectivity index (χ1) is 8.11. The van der Waals surface area contributed by atoms with Crippen LogP contribution in [0.5, 0.6) is 0 Å². The third-order valence-corrected chi connectivity index (χ3v) is 3.85. The fourth-order valence-electron chi connectivity index (χ4n) is 1.57. The fourth-order valence-corrected chi connectivity index (χ4v) is 2.83. The highest BCUT2D eigenvalue weighted by molar-refractivity contribution is 7.92. The summed E-state index contributed by atoms with van der Waals surface area (Å²) in [5, 5.41) is 7.59. The predicted octanol–water partition coefficient (Wildman–Crippen LogP) is 2.10. The molecule has 0 saturated carbocycles. The van der Waals surface area contributed by atoms with E-state index in [1.54, 1.807) is 24.4 Å². The smallest absolute Gasteiger partial charge is 0.232 e. The molecule has 0 spiro atoms. The number of hydrogen-bond donors (Lipinski definition) is 2. The third-order valence-electron chi connectivity index (χ3n) is 2.48. The van der Waals surface area contributed by atoms with Gasteiger partial charge >= 0.3 is 0 Å². The van der Waals surface area contributed by atoms with Crippen molar-refractivity contribution in [2.45, 2.75) is 19.8 Å². The molecule has 6 heteroatoms. The van der Waals surface area contributed by atoms with Crippen LogP contribution < -0.4 is 4.72 Å². The molecule has 0 amide bonds. The van der Waals surface area contributed by atoms with Crippen molar-refractivity contribution in [3.05, 3.63) is 24.4 Å². The van der Waals surface area contributed by atoms with E-state index in [0.29, 0.717) is 12.1 Å². The number of fused-ring (bicyclic) bond motifs is 1. The molecule has 0 aliphatic heterocycles. The average molecular weight is 253 g/mol. The van der Waals surface area contributed by atoms with Crippen LogP contribution in [0.25, 0.3) is 10.9 Å². The van der Waals surface area contributed by atoms with Crippen molar-refractivity contribution in [2.75, 3.05) is 10.5 Å². The molecule has 2 N–H and O–H groups in total. The van der Waals surface area contributed by atoms with Gasteiger partial charge in [0.1, 0.15) is 0 Å². The highest BCUT2D eigenvalue weighted by atomic mass is 32.2. The van der Waals surface area contributed by atoms with Crippen LogP contribution in [0.3, 0.4) is 0 Å². The van der Waals surface area contributed by atoms with E-state index >= 15 is 0 Å². The predicted molar refractivity (Wildman–Crippen MR) is 68.4 cm³/mol. The van der Waals surface area contributed by atoms with Crippen LogP contribution in [0.4, 0.5) is 5.69 Å². The summed E-state index contributed by atoms with van der Waals surface area (Å²) in [5.74, 6) is 0.160. The van der Waals surface area contributed by atoms with Crippen molar-refractivity contribution in [1.29, 1.82) is 0 Å². The quantitative estimate of drug-likeness (QED) is 0.857. The number of nitrogens with one attached hydrogen (secondary N) is 2. The lowest BCUT2D eigenvalue weighted by Gasteiger charge is -2.07. The van der Waals surface area contributed by atoms with Gasteiger partial charge in [-0.05, 0) is 24.6 Å². The Morgan fingerprint density at radius 1 is 1.41 bits per heavy atom. The van der Waals surface area contributed by atoms with Gasteiger partial charge in [-0.2, -0.15) is 5.10 Å². The normalized spacial score (nSPS) is 11.8. The van der Waals surface area contributed by atoms with Gasteiger partial charge in [-0.25, -0.2) is 8.42 Å². The topological polar surface area (TPSA) is 74.8 Å². The van der Waals surface area contributed by atoms with Crippen LogP contribution in [0.2, 0.25) is 0 Å².